The first kappa shape index (κ1) is 24.6. The Labute approximate surface area is 201 Å². The average Bonchev–Trinajstić information content (AvgIpc) is 3.15. The zero-order valence-corrected chi connectivity index (χ0v) is 21.0. The molecular formula is C27H40O7. The second-order valence-electron chi connectivity index (χ2n) is 13.2. The van der Waals surface area contributed by atoms with Crippen LogP contribution < -0.4 is 0 Å². The van der Waals surface area contributed by atoms with Crippen LogP contribution in [0.25, 0.3) is 0 Å². The molecule has 0 aromatic rings. The molecule has 7 heteroatoms. The van der Waals surface area contributed by atoms with Crippen molar-refractivity contribution in [3.63, 3.8) is 0 Å². The smallest absolute Gasteiger partial charge is 0.165 e. The van der Waals surface area contributed by atoms with Gasteiger partial charge in [-0.2, -0.15) is 0 Å². The van der Waals surface area contributed by atoms with Gasteiger partial charge in [0.2, 0.25) is 0 Å². The zero-order valence-electron chi connectivity index (χ0n) is 21.0. The summed E-state index contributed by atoms with van der Waals surface area (Å²) in [6.45, 7) is 9.11. The molecule has 5 rings (SSSR count). The molecule has 7 nitrogen and oxygen atoms in total. The van der Waals surface area contributed by atoms with Gasteiger partial charge in [0.1, 0.15) is 5.60 Å². The number of fused-ring (bicyclic) bond motifs is 2. The zero-order chi connectivity index (χ0) is 25.3. The predicted octanol–water partition coefficient (Wildman–Crippen LogP) is 1.67. The van der Waals surface area contributed by atoms with Gasteiger partial charge in [0, 0.05) is 29.6 Å². The van der Waals surface area contributed by atoms with E-state index in [1.165, 1.54) is 6.08 Å². The van der Waals surface area contributed by atoms with E-state index in [-0.39, 0.29) is 43.2 Å². The number of aliphatic hydroxyl groups is 5. The summed E-state index contributed by atoms with van der Waals surface area (Å²) >= 11 is 0. The summed E-state index contributed by atoms with van der Waals surface area (Å²) in [6, 6.07) is 0. The lowest BCUT2D eigenvalue weighted by Gasteiger charge is -2.62. The summed E-state index contributed by atoms with van der Waals surface area (Å²) < 4.78 is 0. The van der Waals surface area contributed by atoms with E-state index in [2.05, 4.69) is 0 Å². The first-order chi connectivity index (χ1) is 15.5. The fourth-order valence-corrected chi connectivity index (χ4v) is 9.41. The number of hydrogen-bond donors (Lipinski definition) is 5. The quantitative estimate of drug-likeness (QED) is 0.407. The van der Waals surface area contributed by atoms with Gasteiger partial charge in [-0.05, 0) is 67.9 Å². The highest BCUT2D eigenvalue weighted by Gasteiger charge is 2.85. The Morgan fingerprint density at radius 3 is 2.32 bits per heavy atom. The lowest BCUT2D eigenvalue weighted by molar-refractivity contribution is -0.189. The predicted molar refractivity (Wildman–Crippen MR) is 123 cm³/mol. The second kappa shape index (κ2) is 6.80. The third-order valence-corrected chi connectivity index (χ3v) is 11.6. The highest BCUT2D eigenvalue weighted by molar-refractivity contribution is 6.04. The molecule has 0 aromatic carbocycles. The largest absolute Gasteiger partial charge is 0.393 e. The Morgan fingerprint density at radius 2 is 1.71 bits per heavy atom. The van der Waals surface area contributed by atoms with E-state index in [1.807, 2.05) is 27.7 Å². The Kier molecular flexibility index (Phi) is 4.91. The number of ketones is 2. The monoisotopic (exact) mass is 476 g/mol. The van der Waals surface area contributed by atoms with Crippen molar-refractivity contribution in [1.82, 2.24) is 0 Å². The molecule has 0 aromatic heterocycles. The summed E-state index contributed by atoms with van der Waals surface area (Å²) in [5, 5.41) is 57.1. The molecule has 34 heavy (non-hydrogen) atoms. The minimum absolute atomic E-state index is 0.0226. The lowest BCUT2D eigenvalue weighted by Crippen LogP contribution is -2.65. The van der Waals surface area contributed by atoms with E-state index in [4.69, 9.17) is 0 Å². The van der Waals surface area contributed by atoms with Crippen LogP contribution in [0, 0.1) is 34.0 Å². The van der Waals surface area contributed by atoms with Gasteiger partial charge in [0.25, 0.3) is 0 Å². The summed E-state index contributed by atoms with van der Waals surface area (Å²) in [6.07, 6.45) is 1.41. The van der Waals surface area contributed by atoms with Crippen LogP contribution in [0.2, 0.25) is 0 Å². The van der Waals surface area contributed by atoms with Crippen LogP contribution in [0.1, 0.15) is 79.6 Å². The molecule has 5 N–H and O–H groups in total. The molecule has 5 aliphatic rings. The molecule has 0 aliphatic heterocycles. The maximum atomic E-state index is 13.2. The maximum absolute atomic E-state index is 13.2. The van der Waals surface area contributed by atoms with Crippen LogP contribution in [-0.2, 0) is 9.59 Å². The molecule has 0 unspecified atom stereocenters. The second-order valence-corrected chi connectivity index (χ2v) is 13.2. The number of carbonyl (C=O) groups is 2. The van der Waals surface area contributed by atoms with E-state index in [0.29, 0.717) is 24.8 Å². The first-order valence-electron chi connectivity index (χ1n) is 12.9. The number of hydrogen-bond acceptors (Lipinski definition) is 7. The van der Waals surface area contributed by atoms with Gasteiger partial charge in [-0.25, -0.2) is 0 Å². The van der Waals surface area contributed by atoms with Crippen molar-refractivity contribution in [2.24, 2.45) is 34.0 Å². The topological polar surface area (TPSA) is 135 Å². The van der Waals surface area contributed by atoms with E-state index in [0.717, 1.165) is 0 Å². The van der Waals surface area contributed by atoms with Crippen LogP contribution in [0.15, 0.2) is 11.6 Å². The van der Waals surface area contributed by atoms with Crippen molar-refractivity contribution >= 4 is 11.6 Å². The number of Topliss-reactive ketones (excluding diaryl/α,β-unsaturated/α-hetero) is 1. The molecular weight excluding hydrogens is 436 g/mol. The van der Waals surface area contributed by atoms with Crippen LogP contribution in [0.3, 0.4) is 0 Å². The van der Waals surface area contributed by atoms with E-state index >= 15 is 0 Å². The fourth-order valence-electron chi connectivity index (χ4n) is 9.41. The molecule has 190 valence electrons. The van der Waals surface area contributed by atoms with Gasteiger partial charge in [-0.1, -0.05) is 27.7 Å². The summed E-state index contributed by atoms with van der Waals surface area (Å²) in [4.78, 5) is 26.3. The molecule has 10 atom stereocenters. The Hall–Kier alpha value is -1.12. The molecule has 0 radical (unpaired) electrons. The van der Waals surface area contributed by atoms with Gasteiger partial charge in [-0.15, -0.1) is 0 Å². The van der Waals surface area contributed by atoms with Gasteiger partial charge < -0.3 is 25.5 Å². The standard InChI is InChI=1S/C27H40O7/c1-14(2)16(28)11-20(30)24(5,32)18-6-7-26(33)19-10-17(29)15-12-27(34)21(31)13-23(15,4)25(19,27)9-8-22(18,26)3/h10,14-16,18,20,28,30,32-34H,6-9,11-13H2,1-5H3/t15-,16-,18-,20+,22+,23-,24+,25+,26+,27+/m0/s1. The molecule has 4 fully saturated rings. The SMILES string of the molecule is CC(C)[C@@H](O)C[C@@H](O)[C@](C)(O)[C@H]1CC[C@@]2(O)C3=CC(=O)[C@@H]4C[C@@]5(O)C(=O)C[C@]4(C)[C@@]35CC[C@]12C. The summed E-state index contributed by atoms with van der Waals surface area (Å²) in [5.74, 6) is -1.36. The normalized spacial score (nSPS) is 50.6. The Bertz CT molecular complexity index is 985. The number of carbonyl (C=O) groups excluding carboxylic acids is 2. The summed E-state index contributed by atoms with van der Waals surface area (Å²) in [7, 11) is 0. The van der Waals surface area contributed by atoms with Crippen LogP contribution in [-0.4, -0.2) is 66.1 Å². The highest BCUT2D eigenvalue weighted by Crippen LogP contribution is 2.81. The maximum Gasteiger partial charge on any atom is 0.165 e. The summed E-state index contributed by atoms with van der Waals surface area (Å²) in [5.41, 5.74) is -6.81. The molecule has 1 spiro atoms. The van der Waals surface area contributed by atoms with Gasteiger partial charge >= 0.3 is 0 Å². The first-order valence-corrected chi connectivity index (χ1v) is 12.9. The van der Waals surface area contributed by atoms with E-state index in [9.17, 15) is 35.1 Å². The van der Waals surface area contributed by atoms with Crippen LogP contribution in [0.4, 0.5) is 0 Å². The molecule has 0 heterocycles. The van der Waals surface area contributed by atoms with Crippen LogP contribution in [0.5, 0.6) is 0 Å². The number of aliphatic hydroxyl groups excluding tert-OH is 2. The number of rotatable bonds is 5. The van der Waals surface area contributed by atoms with Crippen molar-refractivity contribution < 1.29 is 35.1 Å². The van der Waals surface area contributed by atoms with E-state index in [1.54, 1.807) is 6.92 Å². The van der Waals surface area contributed by atoms with Gasteiger partial charge in [0.05, 0.1) is 23.4 Å². The van der Waals surface area contributed by atoms with Crippen molar-refractivity contribution in [1.29, 1.82) is 0 Å². The molecule has 4 saturated carbocycles. The van der Waals surface area contributed by atoms with Crippen molar-refractivity contribution in [2.45, 2.75) is 109 Å². The van der Waals surface area contributed by atoms with Gasteiger partial charge in [0.15, 0.2) is 11.6 Å². The third kappa shape index (κ3) is 2.41. The minimum atomic E-state index is -1.65. The highest BCUT2D eigenvalue weighted by atomic mass is 16.3. The van der Waals surface area contributed by atoms with Crippen molar-refractivity contribution in [2.75, 3.05) is 0 Å². The molecule has 0 saturated heterocycles. The number of allylic oxidation sites excluding steroid dienone is 1. The average molecular weight is 477 g/mol. The third-order valence-electron chi connectivity index (χ3n) is 11.6. The van der Waals surface area contributed by atoms with Gasteiger partial charge in [-0.3, -0.25) is 9.59 Å². The fraction of sp³-hybridized carbons (Fsp3) is 0.852. The lowest BCUT2D eigenvalue weighted by atomic mass is 9.43. The Balaban J connectivity index is 1.57. The molecule has 5 aliphatic carbocycles. The molecule has 0 amide bonds. The van der Waals surface area contributed by atoms with E-state index < -0.39 is 57.1 Å². The van der Waals surface area contributed by atoms with Crippen molar-refractivity contribution in [3.05, 3.63) is 11.6 Å². The minimum Gasteiger partial charge on any atom is -0.393 e. The Morgan fingerprint density at radius 1 is 1.06 bits per heavy atom. The van der Waals surface area contributed by atoms with Crippen molar-refractivity contribution in [3.8, 4) is 0 Å². The van der Waals surface area contributed by atoms with Crippen LogP contribution >= 0.6 is 0 Å². The molecule has 4 bridgehead atoms.